The summed E-state index contributed by atoms with van der Waals surface area (Å²) in [6.07, 6.45) is 0.950. The molecule has 0 atom stereocenters. The van der Waals surface area contributed by atoms with Crippen LogP contribution in [0, 0.1) is 0 Å². The van der Waals surface area contributed by atoms with Gasteiger partial charge in [0.15, 0.2) is 0 Å². The fourth-order valence-corrected chi connectivity index (χ4v) is 1.53. The molecule has 2 heteroatoms. The molecule has 0 amide bonds. The van der Waals surface area contributed by atoms with Crippen LogP contribution in [0.2, 0.25) is 0 Å². The molecular weight excluding hydrogens is 206 g/mol. The molecule has 2 aromatic rings. The average molecular weight is 220 g/mol. The van der Waals surface area contributed by atoms with Crippen LogP contribution in [0.3, 0.4) is 0 Å². The van der Waals surface area contributed by atoms with Crippen LogP contribution in [0.4, 0.5) is 5.69 Å². The lowest BCUT2D eigenvalue weighted by molar-refractivity contribution is 1.19. The summed E-state index contributed by atoms with van der Waals surface area (Å²) in [6, 6.07) is 18.4. The molecule has 0 radical (unpaired) electrons. The molecule has 0 aliphatic heterocycles. The van der Waals surface area contributed by atoms with E-state index in [-0.39, 0.29) is 12.4 Å². The zero-order valence-corrected chi connectivity index (χ0v) is 9.21. The second kappa shape index (κ2) is 5.42. The molecule has 0 bridgehead atoms. The first-order chi connectivity index (χ1) is 6.84. The van der Waals surface area contributed by atoms with Crippen molar-refractivity contribution < 1.29 is 0 Å². The zero-order valence-electron chi connectivity index (χ0n) is 8.39. The van der Waals surface area contributed by atoms with Crippen LogP contribution in [0.15, 0.2) is 54.6 Å². The molecule has 0 saturated heterocycles. The van der Waals surface area contributed by atoms with Gasteiger partial charge in [-0.15, -0.1) is 12.4 Å². The topological polar surface area (TPSA) is 26.0 Å². The maximum atomic E-state index is 5.71. The second-order valence-corrected chi connectivity index (χ2v) is 3.41. The lowest BCUT2D eigenvalue weighted by Gasteiger charge is -2.02. The highest BCUT2D eigenvalue weighted by molar-refractivity contribution is 5.85. The van der Waals surface area contributed by atoms with E-state index in [1.54, 1.807) is 0 Å². The van der Waals surface area contributed by atoms with E-state index in [0.29, 0.717) is 0 Å². The molecule has 2 aromatic carbocycles. The van der Waals surface area contributed by atoms with Gasteiger partial charge in [0.25, 0.3) is 0 Å². The number of anilines is 1. The van der Waals surface area contributed by atoms with Gasteiger partial charge in [0.2, 0.25) is 0 Å². The Morgan fingerprint density at radius 2 is 1.47 bits per heavy atom. The van der Waals surface area contributed by atoms with E-state index >= 15 is 0 Å². The van der Waals surface area contributed by atoms with E-state index in [0.717, 1.165) is 12.1 Å². The van der Waals surface area contributed by atoms with Crippen LogP contribution in [0.25, 0.3) is 0 Å². The predicted molar refractivity (Wildman–Crippen MR) is 67.4 cm³/mol. The van der Waals surface area contributed by atoms with Gasteiger partial charge in [0, 0.05) is 5.69 Å². The molecule has 0 aliphatic rings. The van der Waals surface area contributed by atoms with Crippen molar-refractivity contribution in [1.29, 1.82) is 0 Å². The molecule has 1 nitrogen and oxygen atoms in total. The Labute approximate surface area is 96.3 Å². The van der Waals surface area contributed by atoms with Crippen LogP contribution in [-0.2, 0) is 6.42 Å². The number of nitrogen functional groups attached to an aromatic ring is 1. The van der Waals surface area contributed by atoms with Crippen molar-refractivity contribution >= 4 is 18.1 Å². The number of benzene rings is 2. The summed E-state index contributed by atoms with van der Waals surface area (Å²) in [7, 11) is 0. The van der Waals surface area contributed by atoms with Gasteiger partial charge in [-0.1, -0.05) is 42.5 Å². The molecule has 78 valence electrons. The van der Waals surface area contributed by atoms with Gasteiger partial charge in [-0.05, 0) is 29.7 Å². The normalized spacial score (nSPS) is 9.33. The summed E-state index contributed by atoms with van der Waals surface area (Å²) in [4.78, 5) is 0. The second-order valence-electron chi connectivity index (χ2n) is 3.41. The largest absolute Gasteiger partial charge is 0.399 e. The number of hydrogen-bond acceptors (Lipinski definition) is 1. The first kappa shape index (κ1) is 11.6. The lowest BCUT2D eigenvalue weighted by atomic mass is 10.0. The smallest absolute Gasteiger partial charge is 0.0316 e. The molecule has 15 heavy (non-hydrogen) atoms. The third kappa shape index (κ3) is 3.30. The quantitative estimate of drug-likeness (QED) is 0.771. The summed E-state index contributed by atoms with van der Waals surface area (Å²) in [5, 5.41) is 0. The molecule has 0 aliphatic carbocycles. The van der Waals surface area contributed by atoms with E-state index in [1.807, 2.05) is 24.3 Å². The summed E-state index contributed by atoms with van der Waals surface area (Å²) < 4.78 is 0. The SMILES string of the molecule is Cl.Nc1cccc(Cc2ccccc2)c1. The minimum Gasteiger partial charge on any atom is -0.399 e. The Kier molecular flexibility index (Phi) is 4.19. The molecule has 2 N–H and O–H groups in total. The number of hydrogen-bond donors (Lipinski definition) is 1. The van der Waals surface area contributed by atoms with Crippen LogP contribution >= 0.6 is 12.4 Å². The van der Waals surface area contributed by atoms with Gasteiger partial charge in [-0.25, -0.2) is 0 Å². The maximum Gasteiger partial charge on any atom is 0.0316 e. The number of rotatable bonds is 2. The van der Waals surface area contributed by atoms with E-state index in [9.17, 15) is 0 Å². The first-order valence-electron chi connectivity index (χ1n) is 4.73. The minimum absolute atomic E-state index is 0. The predicted octanol–water partition coefficient (Wildman–Crippen LogP) is 3.28. The average Bonchev–Trinajstić information content (AvgIpc) is 2.19. The zero-order chi connectivity index (χ0) is 9.80. The fraction of sp³-hybridized carbons (Fsp3) is 0.0769. The summed E-state index contributed by atoms with van der Waals surface area (Å²) in [6.45, 7) is 0. The van der Waals surface area contributed by atoms with E-state index in [4.69, 9.17) is 5.73 Å². The first-order valence-corrected chi connectivity index (χ1v) is 4.73. The van der Waals surface area contributed by atoms with E-state index < -0.39 is 0 Å². The Hall–Kier alpha value is -1.47. The van der Waals surface area contributed by atoms with Crippen molar-refractivity contribution in [3.05, 3.63) is 65.7 Å². The van der Waals surface area contributed by atoms with E-state index in [1.165, 1.54) is 11.1 Å². The van der Waals surface area contributed by atoms with Crippen LogP contribution in [0.5, 0.6) is 0 Å². The van der Waals surface area contributed by atoms with Crippen molar-refractivity contribution in [3.8, 4) is 0 Å². The monoisotopic (exact) mass is 219 g/mol. The Balaban J connectivity index is 0.00000112. The minimum atomic E-state index is 0. The highest BCUT2D eigenvalue weighted by Gasteiger charge is 1.95. The Bertz CT molecular complexity index is 412. The van der Waals surface area contributed by atoms with Gasteiger partial charge in [-0.3, -0.25) is 0 Å². The highest BCUT2D eigenvalue weighted by atomic mass is 35.5. The number of halogens is 1. The molecule has 0 aromatic heterocycles. The van der Waals surface area contributed by atoms with Gasteiger partial charge in [0.1, 0.15) is 0 Å². The van der Waals surface area contributed by atoms with Crippen molar-refractivity contribution in [2.75, 3.05) is 5.73 Å². The van der Waals surface area contributed by atoms with Crippen molar-refractivity contribution in [2.45, 2.75) is 6.42 Å². The van der Waals surface area contributed by atoms with Crippen LogP contribution in [0.1, 0.15) is 11.1 Å². The number of nitrogens with two attached hydrogens (primary N) is 1. The van der Waals surface area contributed by atoms with Gasteiger partial charge >= 0.3 is 0 Å². The molecule has 0 saturated carbocycles. The van der Waals surface area contributed by atoms with Crippen molar-refractivity contribution in [3.63, 3.8) is 0 Å². The highest BCUT2D eigenvalue weighted by Crippen LogP contribution is 2.11. The summed E-state index contributed by atoms with van der Waals surface area (Å²) in [5.74, 6) is 0. The van der Waals surface area contributed by atoms with Crippen LogP contribution in [-0.4, -0.2) is 0 Å². The van der Waals surface area contributed by atoms with Crippen molar-refractivity contribution in [1.82, 2.24) is 0 Å². The van der Waals surface area contributed by atoms with Gasteiger partial charge < -0.3 is 5.73 Å². The molecule has 0 heterocycles. The third-order valence-electron chi connectivity index (χ3n) is 2.20. The van der Waals surface area contributed by atoms with Gasteiger partial charge in [-0.2, -0.15) is 0 Å². The summed E-state index contributed by atoms with van der Waals surface area (Å²) in [5.41, 5.74) is 9.12. The molecule has 2 rings (SSSR count). The molecular formula is C13H14ClN. The Morgan fingerprint density at radius 3 is 2.13 bits per heavy atom. The van der Waals surface area contributed by atoms with Crippen LogP contribution < -0.4 is 5.73 Å². The molecule has 0 fully saturated rings. The molecule has 0 spiro atoms. The Morgan fingerprint density at radius 1 is 0.800 bits per heavy atom. The van der Waals surface area contributed by atoms with E-state index in [2.05, 4.69) is 30.3 Å². The lowest BCUT2D eigenvalue weighted by Crippen LogP contribution is -1.90. The maximum absolute atomic E-state index is 5.71. The summed E-state index contributed by atoms with van der Waals surface area (Å²) >= 11 is 0. The van der Waals surface area contributed by atoms with Gasteiger partial charge in [0.05, 0.1) is 0 Å². The standard InChI is InChI=1S/C13H13N.ClH/c14-13-8-4-7-12(10-13)9-11-5-2-1-3-6-11;/h1-8,10H,9,14H2;1H. The fourth-order valence-electron chi connectivity index (χ4n) is 1.53. The third-order valence-corrected chi connectivity index (χ3v) is 2.20. The van der Waals surface area contributed by atoms with Crippen molar-refractivity contribution in [2.24, 2.45) is 0 Å². The molecule has 0 unspecified atom stereocenters.